The third-order valence-corrected chi connectivity index (χ3v) is 8.17. The van der Waals surface area contributed by atoms with E-state index in [4.69, 9.17) is 9.84 Å². The summed E-state index contributed by atoms with van der Waals surface area (Å²) in [5, 5.41) is 7.01. The van der Waals surface area contributed by atoms with Crippen molar-refractivity contribution in [3.05, 3.63) is 64.0 Å². The molecule has 2 aliphatic heterocycles. The lowest BCUT2D eigenvalue weighted by atomic mass is 10.0. The SMILES string of the molecule is CC1COc2c(N3CCN(C)CC3)c(F)cc3c(=O)c(-c4nc5scc(-c6ccccc6)n5n4)cn1c23. The predicted octanol–water partition coefficient (Wildman–Crippen LogP) is 4.28. The fourth-order valence-electron chi connectivity index (χ4n) is 5.30. The largest absolute Gasteiger partial charge is 0.487 e. The van der Waals surface area contributed by atoms with E-state index in [0.29, 0.717) is 53.0 Å². The van der Waals surface area contributed by atoms with Gasteiger partial charge in [-0.1, -0.05) is 30.3 Å². The van der Waals surface area contributed by atoms with Crippen molar-refractivity contribution in [2.75, 3.05) is 44.7 Å². The number of likely N-dealkylation sites (N-methyl/N-ethyl adjacent to an activating group) is 1. The number of hydrogen-bond acceptors (Lipinski definition) is 7. The number of anilines is 1. The van der Waals surface area contributed by atoms with Crippen molar-refractivity contribution >= 4 is 32.9 Å². The Morgan fingerprint density at radius 2 is 1.92 bits per heavy atom. The summed E-state index contributed by atoms with van der Waals surface area (Å²) in [6, 6.07) is 11.3. The molecule has 188 valence electrons. The van der Waals surface area contributed by atoms with Crippen molar-refractivity contribution in [3.8, 4) is 28.4 Å². The van der Waals surface area contributed by atoms with Crippen LogP contribution in [0, 0.1) is 5.82 Å². The van der Waals surface area contributed by atoms with Crippen molar-refractivity contribution in [2.45, 2.75) is 13.0 Å². The summed E-state index contributed by atoms with van der Waals surface area (Å²) in [7, 11) is 2.06. The molecule has 7 rings (SSSR count). The van der Waals surface area contributed by atoms with Crippen LogP contribution in [-0.4, -0.2) is 63.9 Å². The first-order valence-corrected chi connectivity index (χ1v) is 13.3. The molecule has 3 aromatic heterocycles. The fourth-order valence-corrected chi connectivity index (χ4v) is 6.13. The normalized spacial score (nSPS) is 18.0. The summed E-state index contributed by atoms with van der Waals surface area (Å²) in [6.07, 6.45) is 1.81. The van der Waals surface area contributed by atoms with Crippen LogP contribution in [-0.2, 0) is 0 Å². The molecule has 37 heavy (non-hydrogen) atoms. The summed E-state index contributed by atoms with van der Waals surface area (Å²) < 4.78 is 25.6. The first kappa shape index (κ1) is 22.4. The van der Waals surface area contributed by atoms with E-state index in [-0.39, 0.29) is 16.9 Å². The van der Waals surface area contributed by atoms with E-state index in [1.807, 2.05) is 58.3 Å². The van der Waals surface area contributed by atoms with Gasteiger partial charge in [0.15, 0.2) is 17.4 Å². The first-order chi connectivity index (χ1) is 18.0. The van der Waals surface area contributed by atoms with Gasteiger partial charge in [-0.3, -0.25) is 4.79 Å². The zero-order chi connectivity index (χ0) is 25.3. The predicted molar refractivity (Wildman–Crippen MR) is 143 cm³/mol. The van der Waals surface area contributed by atoms with E-state index < -0.39 is 5.82 Å². The molecule has 0 saturated carbocycles. The van der Waals surface area contributed by atoms with Crippen molar-refractivity contribution in [1.82, 2.24) is 24.1 Å². The second kappa shape index (κ2) is 8.39. The van der Waals surface area contributed by atoms with Crippen LogP contribution >= 0.6 is 11.3 Å². The third-order valence-electron chi connectivity index (χ3n) is 7.35. The van der Waals surface area contributed by atoms with Crippen LogP contribution in [0.25, 0.3) is 38.5 Å². The van der Waals surface area contributed by atoms with Crippen LogP contribution in [0.1, 0.15) is 13.0 Å². The van der Waals surface area contributed by atoms with Gasteiger partial charge in [0.05, 0.1) is 28.2 Å². The minimum atomic E-state index is -0.437. The fraction of sp³-hybridized carbons (Fsp3) is 0.296. The van der Waals surface area contributed by atoms with Crippen LogP contribution < -0.4 is 15.1 Å². The van der Waals surface area contributed by atoms with Crippen molar-refractivity contribution in [1.29, 1.82) is 0 Å². The van der Waals surface area contributed by atoms with Crippen LogP contribution in [0.4, 0.5) is 10.1 Å². The molecule has 0 radical (unpaired) electrons. The van der Waals surface area contributed by atoms with E-state index in [0.717, 1.165) is 24.3 Å². The summed E-state index contributed by atoms with van der Waals surface area (Å²) >= 11 is 1.47. The average molecular weight is 517 g/mol. The molecule has 1 saturated heterocycles. The van der Waals surface area contributed by atoms with E-state index >= 15 is 4.39 Å². The Kier molecular flexibility index (Phi) is 5.09. The number of piperazine rings is 1. The Morgan fingerprint density at radius 1 is 1.14 bits per heavy atom. The van der Waals surface area contributed by atoms with E-state index in [1.54, 1.807) is 4.52 Å². The molecule has 5 aromatic rings. The third kappa shape index (κ3) is 3.47. The standard InChI is InChI=1S/C27H25FN6O2S/c1-16-14-36-25-22-18(12-20(28)23(25)32-10-8-31(2)9-11-32)24(35)19(13-33(16)22)26-29-27-34(30-26)21(15-37-27)17-6-4-3-5-7-17/h3-7,12-13,15-16H,8-11,14H2,1-2H3. The Morgan fingerprint density at radius 3 is 2.70 bits per heavy atom. The average Bonchev–Trinajstić information content (AvgIpc) is 3.50. The summed E-state index contributed by atoms with van der Waals surface area (Å²) in [4.78, 5) is 23.4. The highest BCUT2D eigenvalue weighted by Crippen LogP contribution is 2.42. The lowest BCUT2D eigenvalue weighted by molar-refractivity contribution is 0.245. The zero-order valence-corrected chi connectivity index (χ0v) is 21.3. The maximum atomic E-state index is 15.7. The molecule has 0 aliphatic carbocycles. The van der Waals surface area contributed by atoms with Gasteiger partial charge in [0.2, 0.25) is 10.4 Å². The second-order valence-corrected chi connectivity index (χ2v) is 10.6. The van der Waals surface area contributed by atoms with Crippen LogP contribution in [0.3, 0.4) is 0 Å². The van der Waals surface area contributed by atoms with E-state index in [9.17, 15) is 4.79 Å². The molecule has 0 N–H and O–H groups in total. The molecular formula is C27H25FN6O2S. The van der Waals surface area contributed by atoms with Gasteiger partial charge in [-0.05, 0) is 20.0 Å². The molecular weight excluding hydrogens is 491 g/mol. The van der Waals surface area contributed by atoms with Gasteiger partial charge < -0.3 is 19.1 Å². The van der Waals surface area contributed by atoms with Gasteiger partial charge in [-0.15, -0.1) is 16.4 Å². The summed E-state index contributed by atoms with van der Waals surface area (Å²) in [5.74, 6) is 0.350. The van der Waals surface area contributed by atoms with Crippen LogP contribution in [0.2, 0.25) is 0 Å². The van der Waals surface area contributed by atoms with Crippen LogP contribution in [0.5, 0.6) is 5.75 Å². The Balaban J connectivity index is 1.41. The molecule has 0 bridgehead atoms. The Labute approximate surface area is 216 Å². The van der Waals surface area contributed by atoms with Crippen molar-refractivity contribution in [3.63, 3.8) is 0 Å². The maximum Gasteiger partial charge on any atom is 0.213 e. The van der Waals surface area contributed by atoms with Gasteiger partial charge in [0.1, 0.15) is 12.3 Å². The zero-order valence-electron chi connectivity index (χ0n) is 20.5. The molecule has 2 aromatic carbocycles. The maximum absolute atomic E-state index is 15.7. The quantitative estimate of drug-likeness (QED) is 0.357. The molecule has 0 amide bonds. The molecule has 1 fully saturated rings. The number of thiazole rings is 1. The number of benzene rings is 2. The number of ether oxygens (including phenoxy) is 1. The van der Waals surface area contributed by atoms with Gasteiger partial charge in [-0.25, -0.2) is 8.91 Å². The molecule has 10 heteroatoms. The number of halogens is 1. The second-order valence-electron chi connectivity index (χ2n) is 9.78. The minimum Gasteiger partial charge on any atom is -0.487 e. The highest BCUT2D eigenvalue weighted by molar-refractivity contribution is 7.15. The lowest BCUT2D eigenvalue weighted by Crippen LogP contribution is -2.45. The van der Waals surface area contributed by atoms with E-state index in [1.165, 1.54) is 17.4 Å². The number of aromatic nitrogens is 4. The van der Waals surface area contributed by atoms with E-state index in [2.05, 4.69) is 16.9 Å². The molecule has 8 nitrogen and oxygen atoms in total. The molecule has 5 heterocycles. The van der Waals surface area contributed by atoms with Crippen LogP contribution in [0.15, 0.2) is 52.8 Å². The number of fused-ring (bicyclic) bond motifs is 1. The molecule has 1 atom stereocenters. The first-order valence-electron chi connectivity index (χ1n) is 12.4. The number of rotatable bonds is 3. The highest BCUT2D eigenvalue weighted by Gasteiger charge is 2.31. The number of pyridine rings is 1. The van der Waals surface area contributed by atoms with Gasteiger partial charge >= 0.3 is 0 Å². The molecule has 1 unspecified atom stereocenters. The summed E-state index contributed by atoms with van der Waals surface area (Å²) in [5.41, 5.74) is 3.07. The highest BCUT2D eigenvalue weighted by atomic mass is 32.1. The topological polar surface area (TPSA) is 67.9 Å². The number of hydrogen-bond donors (Lipinski definition) is 0. The smallest absolute Gasteiger partial charge is 0.213 e. The number of nitrogens with zero attached hydrogens (tertiary/aromatic N) is 6. The molecule has 0 spiro atoms. The van der Waals surface area contributed by atoms with Gasteiger partial charge in [0, 0.05) is 43.3 Å². The van der Waals surface area contributed by atoms with Gasteiger partial charge in [-0.2, -0.15) is 4.98 Å². The van der Waals surface area contributed by atoms with Crippen molar-refractivity contribution in [2.24, 2.45) is 0 Å². The molecule has 2 aliphatic rings. The summed E-state index contributed by atoms with van der Waals surface area (Å²) in [6.45, 7) is 5.50. The van der Waals surface area contributed by atoms with Crippen molar-refractivity contribution < 1.29 is 9.13 Å². The monoisotopic (exact) mass is 516 g/mol. The Bertz CT molecular complexity index is 1720. The minimum absolute atomic E-state index is 0.0382. The van der Waals surface area contributed by atoms with Gasteiger partial charge in [0.25, 0.3) is 0 Å². The Hall–Kier alpha value is -3.76. The lowest BCUT2D eigenvalue weighted by Gasteiger charge is -2.37.